The lowest BCUT2D eigenvalue weighted by molar-refractivity contribution is 0.147. The Balaban J connectivity index is 1.55. The van der Waals surface area contributed by atoms with E-state index in [9.17, 15) is 15.3 Å². The van der Waals surface area contributed by atoms with E-state index in [-0.39, 0.29) is 6.04 Å². The van der Waals surface area contributed by atoms with Gasteiger partial charge in [0.1, 0.15) is 17.2 Å². The predicted molar refractivity (Wildman–Crippen MR) is 135 cm³/mol. The smallest absolute Gasteiger partial charge is 0.120 e. The highest BCUT2D eigenvalue weighted by Gasteiger charge is 2.23. The first-order chi connectivity index (χ1) is 16.5. The fraction of sp³-hybridized carbons (Fsp3) is 0.357. The Hall–Kier alpha value is -3.06. The lowest BCUT2D eigenvalue weighted by Crippen LogP contribution is -2.42. The number of hydrogen-bond acceptors (Lipinski definition) is 6. The molecule has 4 rings (SSSR count). The number of para-hydroxylation sites is 3. The molecule has 1 aliphatic rings. The largest absolute Gasteiger partial charge is 0.508 e. The Morgan fingerprint density at radius 3 is 1.53 bits per heavy atom. The van der Waals surface area contributed by atoms with Crippen molar-refractivity contribution in [1.82, 2.24) is 14.7 Å². The summed E-state index contributed by atoms with van der Waals surface area (Å²) in [7, 11) is 0. The third-order valence-corrected chi connectivity index (χ3v) is 6.72. The summed E-state index contributed by atoms with van der Waals surface area (Å²) in [6, 6.07) is 22.8. The van der Waals surface area contributed by atoms with E-state index in [2.05, 4.69) is 21.6 Å². The van der Waals surface area contributed by atoms with Crippen LogP contribution in [0.5, 0.6) is 17.2 Å². The van der Waals surface area contributed by atoms with Gasteiger partial charge in [0, 0.05) is 75.1 Å². The molecule has 1 saturated heterocycles. The minimum absolute atomic E-state index is 0.260. The second-order valence-electron chi connectivity index (χ2n) is 9.22. The molecule has 0 bridgehead atoms. The molecule has 34 heavy (non-hydrogen) atoms. The Kier molecular flexibility index (Phi) is 8.06. The zero-order chi connectivity index (χ0) is 23.9. The van der Waals surface area contributed by atoms with E-state index < -0.39 is 0 Å². The minimum Gasteiger partial charge on any atom is -0.508 e. The van der Waals surface area contributed by atoms with Crippen molar-refractivity contribution >= 4 is 0 Å². The average molecular weight is 462 g/mol. The average Bonchev–Trinajstić information content (AvgIpc) is 2.89. The van der Waals surface area contributed by atoms with E-state index in [1.165, 1.54) is 0 Å². The molecule has 3 aromatic carbocycles. The van der Waals surface area contributed by atoms with E-state index in [1.54, 1.807) is 18.2 Å². The summed E-state index contributed by atoms with van der Waals surface area (Å²) in [5.74, 6) is 0.978. The van der Waals surface area contributed by atoms with Gasteiger partial charge in [0.25, 0.3) is 0 Å². The van der Waals surface area contributed by atoms with Crippen LogP contribution in [0.25, 0.3) is 0 Å². The molecule has 1 unspecified atom stereocenters. The summed E-state index contributed by atoms with van der Waals surface area (Å²) in [6.07, 6.45) is 0. The van der Waals surface area contributed by atoms with Crippen LogP contribution in [0, 0.1) is 0 Å². The molecule has 180 valence electrons. The van der Waals surface area contributed by atoms with Crippen molar-refractivity contribution in [3.63, 3.8) is 0 Å². The van der Waals surface area contributed by atoms with E-state index >= 15 is 0 Å². The maximum Gasteiger partial charge on any atom is 0.120 e. The second kappa shape index (κ2) is 11.4. The number of phenols is 3. The van der Waals surface area contributed by atoms with Gasteiger partial charge < -0.3 is 15.3 Å². The molecule has 6 nitrogen and oxygen atoms in total. The zero-order valence-corrected chi connectivity index (χ0v) is 19.8. The van der Waals surface area contributed by atoms with E-state index in [0.717, 1.165) is 49.4 Å². The van der Waals surface area contributed by atoms with Crippen LogP contribution in [0.4, 0.5) is 0 Å². The molecule has 0 spiro atoms. The van der Waals surface area contributed by atoms with Gasteiger partial charge in [-0.3, -0.25) is 14.7 Å². The highest BCUT2D eigenvalue weighted by atomic mass is 16.3. The van der Waals surface area contributed by atoms with Crippen molar-refractivity contribution < 1.29 is 15.3 Å². The first-order valence-electron chi connectivity index (χ1n) is 12.0. The van der Waals surface area contributed by atoms with Crippen molar-refractivity contribution in [1.29, 1.82) is 0 Å². The number of nitrogens with zero attached hydrogens (tertiary/aromatic N) is 3. The first-order valence-corrected chi connectivity index (χ1v) is 12.0. The second-order valence-corrected chi connectivity index (χ2v) is 9.22. The number of rotatable bonds is 6. The summed E-state index contributed by atoms with van der Waals surface area (Å²) in [5.41, 5.74) is 2.77. The van der Waals surface area contributed by atoms with Crippen LogP contribution in [0.3, 0.4) is 0 Å². The van der Waals surface area contributed by atoms with Gasteiger partial charge in [-0.05, 0) is 25.1 Å². The van der Waals surface area contributed by atoms with Gasteiger partial charge in [0.05, 0.1) is 0 Å². The molecule has 0 saturated carbocycles. The number of aromatic hydroxyl groups is 3. The van der Waals surface area contributed by atoms with Gasteiger partial charge in [-0.15, -0.1) is 0 Å². The maximum absolute atomic E-state index is 10.4. The summed E-state index contributed by atoms with van der Waals surface area (Å²) < 4.78 is 0. The molecular weight excluding hydrogens is 426 g/mol. The topological polar surface area (TPSA) is 70.4 Å². The molecule has 1 aliphatic heterocycles. The third kappa shape index (κ3) is 6.29. The first kappa shape index (κ1) is 24.1. The van der Waals surface area contributed by atoms with Crippen LogP contribution >= 0.6 is 0 Å². The highest BCUT2D eigenvalue weighted by Crippen LogP contribution is 2.23. The zero-order valence-electron chi connectivity index (χ0n) is 19.8. The van der Waals surface area contributed by atoms with Gasteiger partial charge in [-0.1, -0.05) is 54.6 Å². The highest BCUT2D eigenvalue weighted by molar-refractivity contribution is 5.33. The van der Waals surface area contributed by atoms with Gasteiger partial charge in [-0.25, -0.2) is 0 Å². The fourth-order valence-electron chi connectivity index (χ4n) is 4.64. The van der Waals surface area contributed by atoms with Crippen LogP contribution in [0.1, 0.15) is 23.6 Å². The number of benzene rings is 3. The Morgan fingerprint density at radius 2 is 1.00 bits per heavy atom. The van der Waals surface area contributed by atoms with E-state index in [4.69, 9.17) is 0 Å². The van der Waals surface area contributed by atoms with Crippen molar-refractivity contribution in [2.45, 2.75) is 32.6 Å². The van der Waals surface area contributed by atoms with Crippen LogP contribution in [0.15, 0.2) is 72.8 Å². The lowest BCUT2D eigenvalue weighted by atomic mass is 10.1. The van der Waals surface area contributed by atoms with Crippen molar-refractivity contribution in [2.24, 2.45) is 0 Å². The standard InChI is InChI=1S/C28H35N3O3/c1-22-18-30(20-24-9-3-6-12-27(24)33)15-14-29(19-23-8-2-5-11-26(23)32)16-17-31(22)21-25-10-4-7-13-28(25)34/h2-13,22,32-34H,14-21H2,1H3. The number of phenolic OH excluding ortho intramolecular Hbond substituents is 3. The van der Waals surface area contributed by atoms with Crippen LogP contribution in [0.2, 0.25) is 0 Å². The molecule has 3 aromatic rings. The van der Waals surface area contributed by atoms with E-state index in [0.29, 0.717) is 36.9 Å². The molecule has 6 heteroatoms. The molecule has 3 N–H and O–H groups in total. The Bertz CT molecular complexity index is 1070. The predicted octanol–water partition coefficient (Wildman–Crippen LogP) is 4.01. The maximum atomic E-state index is 10.4. The molecule has 1 fully saturated rings. The molecule has 0 aliphatic carbocycles. The summed E-state index contributed by atoms with van der Waals surface area (Å²) >= 11 is 0. The quantitative estimate of drug-likeness (QED) is 0.515. The molecule has 0 radical (unpaired) electrons. The van der Waals surface area contributed by atoms with Crippen molar-refractivity contribution in [3.05, 3.63) is 89.5 Å². The van der Waals surface area contributed by atoms with Crippen molar-refractivity contribution in [3.8, 4) is 17.2 Å². The fourth-order valence-corrected chi connectivity index (χ4v) is 4.64. The SMILES string of the molecule is CC1CN(Cc2ccccc2O)CCN(Cc2ccccc2O)CCN1Cc1ccccc1O. The normalized spacial score (nSPS) is 18.8. The van der Waals surface area contributed by atoms with Crippen LogP contribution < -0.4 is 0 Å². The van der Waals surface area contributed by atoms with Crippen LogP contribution in [-0.2, 0) is 19.6 Å². The number of hydrogen-bond donors (Lipinski definition) is 3. The monoisotopic (exact) mass is 461 g/mol. The van der Waals surface area contributed by atoms with Gasteiger partial charge in [0.2, 0.25) is 0 Å². The van der Waals surface area contributed by atoms with Crippen LogP contribution in [-0.4, -0.2) is 68.8 Å². The van der Waals surface area contributed by atoms with E-state index in [1.807, 2.05) is 54.6 Å². The minimum atomic E-state index is 0.260. The summed E-state index contributed by atoms with van der Waals surface area (Å²) in [5, 5.41) is 31.0. The summed E-state index contributed by atoms with van der Waals surface area (Å²) in [4.78, 5) is 7.18. The molecule has 0 amide bonds. The molecule has 0 aromatic heterocycles. The molecule has 1 heterocycles. The van der Waals surface area contributed by atoms with Gasteiger partial charge in [-0.2, -0.15) is 0 Å². The van der Waals surface area contributed by atoms with Gasteiger partial charge >= 0.3 is 0 Å². The van der Waals surface area contributed by atoms with Gasteiger partial charge in [0.15, 0.2) is 0 Å². The Labute approximate surface area is 202 Å². The lowest BCUT2D eigenvalue weighted by Gasteiger charge is -2.32. The summed E-state index contributed by atoms with van der Waals surface area (Å²) in [6.45, 7) is 8.54. The third-order valence-electron chi connectivity index (χ3n) is 6.72. The molecule has 1 atom stereocenters. The molecular formula is C28H35N3O3. The Morgan fingerprint density at radius 1 is 0.588 bits per heavy atom. The van der Waals surface area contributed by atoms with Crippen molar-refractivity contribution in [2.75, 3.05) is 32.7 Å².